The smallest absolute Gasteiger partial charge is 0.139 e. The van der Waals surface area contributed by atoms with Crippen molar-refractivity contribution in [2.75, 3.05) is 6.54 Å². The van der Waals surface area contributed by atoms with Gasteiger partial charge in [-0.15, -0.1) is 0 Å². The molecule has 3 heteroatoms. The molecule has 1 atom stereocenters. The lowest BCUT2D eigenvalue weighted by molar-refractivity contribution is 0.0517. The molecule has 3 aliphatic rings. The molecule has 2 heterocycles. The van der Waals surface area contributed by atoms with Crippen molar-refractivity contribution < 1.29 is 5.11 Å². The van der Waals surface area contributed by atoms with Crippen molar-refractivity contribution in [3.63, 3.8) is 0 Å². The van der Waals surface area contributed by atoms with Gasteiger partial charge in [0.1, 0.15) is 17.5 Å². The summed E-state index contributed by atoms with van der Waals surface area (Å²) in [5.74, 6) is 2.12. The number of benzene rings is 2. The molecule has 0 bridgehead atoms. The number of hydrogen-bond acceptors (Lipinski definition) is 3. The third-order valence-corrected chi connectivity index (χ3v) is 5.36. The Morgan fingerprint density at radius 3 is 2.19 bits per heavy atom. The van der Waals surface area contributed by atoms with E-state index in [1.807, 2.05) is 66.7 Å². The van der Waals surface area contributed by atoms with Crippen molar-refractivity contribution in [1.29, 1.82) is 0 Å². The first kappa shape index (κ1) is 15.8. The van der Waals surface area contributed by atoms with Gasteiger partial charge in [0, 0.05) is 12.5 Å². The molecule has 0 unspecified atom stereocenters. The van der Waals surface area contributed by atoms with E-state index in [2.05, 4.69) is 30.2 Å². The van der Waals surface area contributed by atoms with Gasteiger partial charge in [0.2, 0.25) is 0 Å². The Balaban J connectivity index is 1.57. The number of fused-ring (bicyclic) bond motifs is 3. The standard InChI is InChI=1S/C23H19N2O/c26-23(18-9-3-1-4-10-18,19-11-5-2-6-12-19)21-16-25-20-13-7-8-17(20)14-15-22(25)24-21/h1-15,21,26H,16H2/t21-/m0/s1. The Bertz CT molecular complexity index is 804. The minimum Gasteiger partial charge on any atom is -0.378 e. The second-order valence-corrected chi connectivity index (χ2v) is 6.81. The summed E-state index contributed by atoms with van der Waals surface area (Å²) in [6.45, 7) is 0.650. The van der Waals surface area contributed by atoms with Gasteiger partial charge in [0.05, 0.1) is 6.04 Å². The monoisotopic (exact) mass is 339 g/mol. The molecule has 1 fully saturated rings. The predicted octanol–water partition coefficient (Wildman–Crippen LogP) is 3.31. The van der Waals surface area contributed by atoms with Crippen LogP contribution < -0.4 is 0 Å². The first-order valence-corrected chi connectivity index (χ1v) is 8.89. The summed E-state index contributed by atoms with van der Waals surface area (Å²) in [7, 11) is 0. The molecule has 1 saturated carbocycles. The Morgan fingerprint density at radius 2 is 1.54 bits per heavy atom. The van der Waals surface area contributed by atoms with Crippen LogP contribution in [0.1, 0.15) is 11.1 Å². The van der Waals surface area contributed by atoms with E-state index in [0.717, 1.165) is 23.0 Å². The van der Waals surface area contributed by atoms with E-state index in [1.165, 1.54) is 5.92 Å². The minimum atomic E-state index is -1.17. The topological polar surface area (TPSA) is 35.8 Å². The highest BCUT2D eigenvalue weighted by Gasteiger charge is 2.48. The molecule has 1 N–H and O–H groups in total. The van der Waals surface area contributed by atoms with Crippen molar-refractivity contribution in [2.24, 2.45) is 4.99 Å². The van der Waals surface area contributed by atoms with Crippen LogP contribution in [0.3, 0.4) is 0 Å². The molecule has 0 amide bonds. The average Bonchev–Trinajstić information content (AvgIpc) is 3.35. The van der Waals surface area contributed by atoms with Gasteiger partial charge in [-0.1, -0.05) is 66.7 Å². The first-order chi connectivity index (χ1) is 12.8. The van der Waals surface area contributed by atoms with Gasteiger partial charge in [0.15, 0.2) is 0 Å². The van der Waals surface area contributed by atoms with E-state index in [9.17, 15) is 5.11 Å². The number of nitrogens with zero attached hydrogens (tertiary/aromatic N) is 2. The fourth-order valence-corrected chi connectivity index (χ4v) is 4.03. The van der Waals surface area contributed by atoms with Crippen LogP contribution in [0.4, 0.5) is 0 Å². The van der Waals surface area contributed by atoms with Crippen LogP contribution in [0.5, 0.6) is 0 Å². The molecule has 2 aromatic rings. The molecule has 3 nitrogen and oxygen atoms in total. The summed E-state index contributed by atoms with van der Waals surface area (Å²) in [4.78, 5) is 7.12. The third kappa shape index (κ3) is 2.34. The Morgan fingerprint density at radius 1 is 0.885 bits per heavy atom. The highest BCUT2D eigenvalue weighted by molar-refractivity contribution is 5.98. The van der Waals surface area contributed by atoms with E-state index in [1.54, 1.807) is 0 Å². The molecule has 127 valence electrons. The molecule has 0 saturated heterocycles. The van der Waals surface area contributed by atoms with E-state index in [-0.39, 0.29) is 6.04 Å². The summed E-state index contributed by atoms with van der Waals surface area (Å²) < 4.78 is 0. The molecule has 2 aliphatic heterocycles. The number of amidine groups is 1. The van der Waals surface area contributed by atoms with Crippen molar-refractivity contribution >= 4 is 5.84 Å². The Labute approximate surface area is 154 Å². The number of hydrogen-bond donors (Lipinski definition) is 1. The van der Waals surface area contributed by atoms with Crippen LogP contribution in [0, 0.1) is 31.2 Å². The van der Waals surface area contributed by atoms with Crippen LogP contribution in [-0.4, -0.2) is 28.4 Å². The summed E-state index contributed by atoms with van der Waals surface area (Å²) in [6, 6.07) is 20.6. The first-order valence-electron chi connectivity index (χ1n) is 8.89. The maximum atomic E-state index is 11.9. The molecule has 26 heavy (non-hydrogen) atoms. The van der Waals surface area contributed by atoms with E-state index in [0.29, 0.717) is 6.54 Å². The molecule has 5 radical (unpaired) electrons. The molecular weight excluding hydrogens is 320 g/mol. The van der Waals surface area contributed by atoms with Crippen molar-refractivity contribution in [2.45, 2.75) is 11.6 Å². The predicted molar refractivity (Wildman–Crippen MR) is 102 cm³/mol. The molecule has 5 rings (SSSR count). The number of aliphatic hydroxyl groups is 1. The second-order valence-electron chi connectivity index (χ2n) is 6.81. The van der Waals surface area contributed by atoms with Crippen LogP contribution >= 0.6 is 0 Å². The lowest BCUT2D eigenvalue weighted by atomic mass is 9.80. The average molecular weight is 339 g/mol. The highest BCUT2D eigenvalue weighted by atomic mass is 16.3. The van der Waals surface area contributed by atoms with Gasteiger partial charge in [0.25, 0.3) is 0 Å². The highest BCUT2D eigenvalue weighted by Crippen LogP contribution is 2.44. The summed E-state index contributed by atoms with van der Waals surface area (Å²) in [6.07, 6.45) is 10.4. The maximum absolute atomic E-state index is 11.9. The maximum Gasteiger partial charge on any atom is 0.139 e. The van der Waals surface area contributed by atoms with E-state index >= 15 is 0 Å². The zero-order chi connectivity index (χ0) is 17.6. The molecule has 2 aromatic carbocycles. The van der Waals surface area contributed by atoms with Gasteiger partial charge in [-0.25, -0.2) is 0 Å². The summed E-state index contributed by atoms with van der Waals surface area (Å²) >= 11 is 0. The lowest BCUT2D eigenvalue weighted by Crippen LogP contribution is -2.44. The lowest BCUT2D eigenvalue weighted by Gasteiger charge is -2.36. The van der Waals surface area contributed by atoms with E-state index < -0.39 is 5.60 Å². The van der Waals surface area contributed by atoms with Gasteiger partial charge >= 0.3 is 0 Å². The van der Waals surface area contributed by atoms with Crippen LogP contribution in [0.2, 0.25) is 0 Å². The van der Waals surface area contributed by atoms with Crippen LogP contribution in [0.15, 0.2) is 77.8 Å². The molecule has 0 spiro atoms. The van der Waals surface area contributed by atoms with Gasteiger partial charge in [-0.2, -0.15) is 0 Å². The van der Waals surface area contributed by atoms with Crippen molar-refractivity contribution in [1.82, 2.24) is 4.90 Å². The zero-order valence-corrected chi connectivity index (χ0v) is 14.3. The largest absolute Gasteiger partial charge is 0.378 e. The Hall–Kier alpha value is -2.39. The number of aliphatic imine (C=N–C) groups is 1. The van der Waals surface area contributed by atoms with Gasteiger partial charge < -0.3 is 10.0 Å². The normalized spacial score (nSPS) is 23.0. The Kier molecular flexibility index (Phi) is 3.71. The summed E-state index contributed by atoms with van der Waals surface area (Å²) in [5.41, 5.74) is 0.562. The minimum absolute atomic E-state index is 0.284. The number of rotatable bonds is 3. The third-order valence-electron chi connectivity index (χ3n) is 5.36. The fourth-order valence-electron chi connectivity index (χ4n) is 4.03. The second kappa shape index (κ2) is 6.10. The van der Waals surface area contributed by atoms with Crippen molar-refractivity contribution in [3.05, 3.63) is 115 Å². The summed E-state index contributed by atoms with van der Waals surface area (Å²) in [5, 5.41) is 11.9. The SMILES string of the molecule is OC(c1ccccc1)(c1ccccc1)[C@@H]1CN2[C]3[CH][CH][CH][C]3C=CC2=N1. The fraction of sp³-hybridized carbons (Fsp3) is 0.130. The molecule has 1 aliphatic carbocycles. The zero-order valence-electron chi connectivity index (χ0n) is 14.3. The van der Waals surface area contributed by atoms with E-state index in [4.69, 9.17) is 4.99 Å². The van der Waals surface area contributed by atoms with Crippen LogP contribution in [0.25, 0.3) is 0 Å². The molecule has 0 aromatic heterocycles. The van der Waals surface area contributed by atoms with Crippen LogP contribution in [-0.2, 0) is 5.60 Å². The van der Waals surface area contributed by atoms with Gasteiger partial charge in [-0.05, 0) is 36.5 Å². The van der Waals surface area contributed by atoms with Crippen molar-refractivity contribution in [3.8, 4) is 0 Å². The van der Waals surface area contributed by atoms with Gasteiger partial charge in [-0.3, -0.25) is 4.99 Å². The quantitative estimate of drug-likeness (QED) is 0.931. The molecular formula is C23H19N2O.